The van der Waals surface area contributed by atoms with Crippen LogP contribution in [0.2, 0.25) is 5.02 Å². The number of carbonyl (C=O) groups is 1. The molecule has 0 unspecified atom stereocenters. The first-order valence-corrected chi connectivity index (χ1v) is 4.52. The van der Waals surface area contributed by atoms with Gasteiger partial charge in [-0.25, -0.2) is 0 Å². The van der Waals surface area contributed by atoms with Gasteiger partial charge in [-0.15, -0.1) is 5.11 Å². The zero-order valence-electron chi connectivity index (χ0n) is 7.27. The third-order valence-corrected chi connectivity index (χ3v) is 2.20. The van der Waals surface area contributed by atoms with Crippen molar-refractivity contribution in [2.45, 2.75) is 6.42 Å². The third-order valence-electron chi connectivity index (χ3n) is 1.94. The summed E-state index contributed by atoms with van der Waals surface area (Å²) < 4.78 is 0. The molecule has 0 aliphatic carbocycles. The largest absolute Gasteiger partial charge is 0.293 e. The van der Waals surface area contributed by atoms with Crippen LogP contribution in [0.15, 0.2) is 46.3 Å². The lowest BCUT2D eigenvalue weighted by Crippen LogP contribution is -1.98. The molecule has 0 atom stereocenters. The molecule has 1 aromatic rings. The molecule has 1 aliphatic rings. The van der Waals surface area contributed by atoms with Gasteiger partial charge < -0.3 is 0 Å². The van der Waals surface area contributed by atoms with E-state index in [0.717, 1.165) is 5.56 Å². The van der Waals surface area contributed by atoms with E-state index in [1.54, 1.807) is 12.1 Å². The highest BCUT2D eigenvalue weighted by molar-refractivity contribution is 6.30. The summed E-state index contributed by atoms with van der Waals surface area (Å²) in [6.45, 7) is 0. The highest BCUT2D eigenvalue weighted by Gasteiger charge is 2.13. The van der Waals surface area contributed by atoms with Crippen LogP contribution in [-0.4, -0.2) is 5.91 Å². The van der Waals surface area contributed by atoms with Crippen molar-refractivity contribution in [2.75, 3.05) is 0 Å². The summed E-state index contributed by atoms with van der Waals surface area (Å²) in [6.07, 6.45) is 2.06. The zero-order chi connectivity index (χ0) is 9.97. The van der Waals surface area contributed by atoms with Crippen LogP contribution < -0.4 is 0 Å². The second-order valence-electron chi connectivity index (χ2n) is 2.98. The topological polar surface area (TPSA) is 41.8 Å². The van der Waals surface area contributed by atoms with E-state index in [0.29, 0.717) is 17.0 Å². The lowest BCUT2D eigenvalue weighted by Gasteiger charge is -1.99. The molecular formula is C10H7ClN2O. The molecule has 3 nitrogen and oxygen atoms in total. The maximum absolute atomic E-state index is 11.1. The molecule has 1 amide bonds. The smallest absolute Gasteiger partial charge is 0.265 e. The van der Waals surface area contributed by atoms with Crippen molar-refractivity contribution in [3.63, 3.8) is 0 Å². The molecular weight excluding hydrogens is 200 g/mol. The average molecular weight is 207 g/mol. The number of hydrogen-bond donors (Lipinski definition) is 0. The van der Waals surface area contributed by atoms with E-state index >= 15 is 0 Å². The number of amides is 1. The van der Waals surface area contributed by atoms with Crippen LogP contribution in [0.25, 0.3) is 0 Å². The first-order valence-electron chi connectivity index (χ1n) is 4.14. The lowest BCUT2D eigenvalue weighted by atomic mass is 10.1. The van der Waals surface area contributed by atoms with E-state index in [9.17, 15) is 4.79 Å². The van der Waals surface area contributed by atoms with E-state index in [1.807, 2.05) is 12.1 Å². The molecule has 4 heteroatoms. The number of carbonyl (C=O) groups excluding carboxylic acids is 1. The minimum absolute atomic E-state index is 0.250. The lowest BCUT2D eigenvalue weighted by molar-refractivity contribution is -0.114. The van der Waals surface area contributed by atoms with Gasteiger partial charge in [-0.2, -0.15) is 5.11 Å². The number of halogens is 1. The minimum atomic E-state index is -0.250. The van der Waals surface area contributed by atoms with E-state index in [2.05, 4.69) is 10.2 Å². The minimum Gasteiger partial charge on any atom is -0.265 e. The molecule has 14 heavy (non-hydrogen) atoms. The van der Waals surface area contributed by atoms with Crippen LogP contribution in [0.5, 0.6) is 0 Å². The number of nitrogens with zero attached hydrogens (tertiary/aromatic N) is 2. The second kappa shape index (κ2) is 3.72. The molecule has 2 rings (SSSR count). The van der Waals surface area contributed by atoms with Gasteiger partial charge in [0.2, 0.25) is 0 Å². The highest BCUT2D eigenvalue weighted by Crippen LogP contribution is 2.16. The maximum Gasteiger partial charge on any atom is 0.293 e. The van der Waals surface area contributed by atoms with Gasteiger partial charge in [-0.3, -0.25) is 4.79 Å². The molecule has 0 aromatic heterocycles. The fourth-order valence-electron chi connectivity index (χ4n) is 1.21. The summed E-state index contributed by atoms with van der Waals surface area (Å²) in [7, 11) is 0. The zero-order valence-corrected chi connectivity index (χ0v) is 8.03. The first-order chi connectivity index (χ1) is 6.75. The molecule has 0 saturated carbocycles. The highest BCUT2D eigenvalue weighted by atomic mass is 35.5. The molecule has 0 radical (unpaired) electrons. The van der Waals surface area contributed by atoms with Crippen molar-refractivity contribution < 1.29 is 4.79 Å². The molecule has 1 heterocycles. The first kappa shape index (κ1) is 9.09. The maximum atomic E-state index is 11.1. The predicted molar refractivity (Wildman–Crippen MR) is 53.1 cm³/mol. The summed E-state index contributed by atoms with van der Waals surface area (Å²) in [6, 6.07) is 7.36. The van der Waals surface area contributed by atoms with Crippen LogP contribution >= 0.6 is 11.6 Å². The van der Waals surface area contributed by atoms with Crippen molar-refractivity contribution in [3.05, 3.63) is 46.6 Å². The van der Waals surface area contributed by atoms with Gasteiger partial charge in [0.1, 0.15) is 0 Å². The Morgan fingerprint density at radius 1 is 1.21 bits per heavy atom. The van der Waals surface area contributed by atoms with Gasteiger partial charge in [0.15, 0.2) is 0 Å². The average Bonchev–Trinajstić information content (AvgIpc) is 2.56. The SMILES string of the molecule is O=C1N=NC=C1Cc1ccc(Cl)cc1. The van der Waals surface area contributed by atoms with Crippen molar-refractivity contribution in [1.29, 1.82) is 0 Å². The van der Waals surface area contributed by atoms with E-state index in [4.69, 9.17) is 11.6 Å². The number of hydrogen-bond acceptors (Lipinski definition) is 2. The Balaban J connectivity index is 2.12. The normalized spacial score (nSPS) is 14.6. The van der Waals surface area contributed by atoms with Gasteiger partial charge in [-0.05, 0) is 17.7 Å². The standard InChI is InChI=1S/C10H7ClN2O/c11-9-3-1-7(2-4-9)5-8-6-12-13-10(8)14/h1-4,6H,5H2. The van der Waals surface area contributed by atoms with Crippen LogP contribution in [-0.2, 0) is 11.2 Å². The van der Waals surface area contributed by atoms with Crippen LogP contribution in [0, 0.1) is 0 Å². The summed E-state index contributed by atoms with van der Waals surface area (Å²) >= 11 is 5.74. The molecule has 1 aliphatic heterocycles. The fraction of sp³-hybridized carbons (Fsp3) is 0.100. The van der Waals surface area contributed by atoms with Crippen molar-refractivity contribution in [3.8, 4) is 0 Å². The number of rotatable bonds is 2. The van der Waals surface area contributed by atoms with Gasteiger partial charge in [-0.1, -0.05) is 23.7 Å². The molecule has 0 saturated heterocycles. The third kappa shape index (κ3) is 1.88. The van der Waals surface area contributed by atoms with Gasteiger partial charge >= 0.3 is 0 Å². The van der Waals surface area contributed by atoms with E-state index in [1.165, 1.54) is 6.20 Å². The Bertz CT molecular complexity index is 420. The van der Waals surface area contributed by atoms with Crippen LogP contribution in [0.3, 0.4) is 0 Å². The molecule has 1 aromatic carbocycles. The fourth-order valence-corrected chi connectivity index (χ4v) is 1.34. The van der Waals surface area contributed by atoms with Crippen molar-refractivity contribution >= 4 is 17.5 Å². The van der Waals surface area contributed by atoms with Crippen LogP contribution in [0.1, 0.15) is 5.56 Å². The van der Waals surface area contributed by atoms with E-state index < -0.39 is 0 Å². The second-order valence-corrected chi connectivity index (χ2v) is 3.41. The Hall–Kier alpha value is -1.48. The Morgan fingerprint density at radius 3 is 2.50 bits per heavy atom. The summed E-state index contributed by atoms with van der Waals surface area (Å²) in [5.74, 6) is -0.250. The molecule has 70 valence electrons. The summed E-state index contributed by atoms with van der Waals surface area (Å²) in [5, 5.41) is 7.64. The number of benzene rings is 1. The summed E-state index contributed by atoms with van der Waals surface area (Å²) in [5.41, 5.74) is 1.65. The predicted octanol–water partition coefficient (Wildman–Crippen LogP) is 2.76. The van der Waals surface area contributed by atoms with Crippen LogP contribution in [0.4, 0.5) is 0 Å². The Kier molecular flexibility index (Phi) is 2.41. The van der Waals surface area contributed by atoms with Crippen molar-refractivity contribution in [1.82, 2.24) is 0 Å². The number of azo groups is 1. The summed E-state index contributed by atoms with van der Waals surface area (Å²) in [4.78, 5) is 11.1. The van der Waals surface area contributed by atoms with E-state index in [-0.39, 0.29) is 5.91 Å². The molecule has 0 N–H and O–H groups in total. The van der Waals surface area contributed by atoms with Crippen molar-refractivity contribution in [2.24, 2.45) is 10.2 Å². The molecule has 0 bridgehead atoms. The quantitative estimate of drug-likeness (QED) is 0.734. The Morgan fingerprint density at radius 2 is 1.93 bits per heavy atom. The monoisotopic (exact) mass is 206 g/mol. The molecule has 0 spiro atoms. The van der Waals surface area contributed by atoms with Gasteiger partial charge in [0, 0.05) is 17.0 Å². The van der Waals surface area contributed by atoms with Gasteiger partial charge in [0.25, 0.3) is 5.91 Å². The van der Waals surface area contributed by atoms with Gasteiger partial charge in [0.05, 0.1) is 6.20 Å². The Labute approximate surface area is 86.1 Å². The molecule has 0 fully saturated rings.